The Labute approximate surface area is 150 Å². The Morgan fingerprint density at radius 2 is 1.80 bits per heavy atom. The van der Waals surface area contributed by atoms with E-state index in [2.05, 4.69) is 26.8 Å². The number of benzene rings is 1. The second kappa shape index (κ2) is 8.19. The monoisotopic (exact) mass is 343 g/mol. The third-order valence-electron chi connectivity index (χ3n) is 4.47. The minimum atomic E-state index is -0.241. The van der Waals surface area contributed by atoms with Crippen LogP contribution in [0.5, 0.6) is 0 Å². The Morgan fingerprint density at radius 1 is 1.08 bits per heavy atom. The summed E-state index contributed by atoms with van der Waals surface area (Å²) in [5.74, 6) is -0.238. The van der Waals surface area contributed by atoms with Crippen molar-refractivity contribution in [3.05, 3.63) is 41.2 Å². The lowest BCUT2D eigenvalue weighted by Crippen LogP contribution is -2.34. The highest BCUT2D eigenvalue weighted by Gasteiger charge is 2.42. The van der Waals surface area contributed by atoms with Crippen LogP contribution in [0, 0.1) is 0 Å². The number of amides is 3. The number of hydrogen-bond donors (Lipinski definition) is 0. The van der Waals surface area contributed by atoms with Crippen LogP contribution in [0.4, 0.5) is 10.5 Å². The number of urea groups is 1. The first-order valence-electron chi connectivity index (χ1n) is 9.11. The van der Waals surface area contributed by atoms with Crippen molar-refractivity contribution in [2.24, 2.45) is 0 Å². The quantitative estimate of drug-likeness (QED) is 0.559. The van der Waals surface area contributed by atoms with E-state index in [-0.39, 0.29) is 11.9 Å². The maximum absolute atomic E-state index is 13.1. The average molecular weight is 343 g/mol. The molecule has 0 aromatic heterocycles. The van der Waals surface area contributed by atoms with Crippen LogP contribution in [0.2, 0.25) is 0 Å². The van der Waals surface area contributed by atoms with E-state index in [1.807, 2.05) is 31.1 Å². The van der Waals surface area contributed by atoms with Crippen LogP contribution < -0.4 is 4.90 Å². The molecule has 1 aliphatic rings. The zero-order chi connectivity index (χ0) is 18.6. The van der Waals surface area contributed by atoms with Crippen LogP contribution in [-0.2, 0) is 17.6 Å². The lowest BCUT2D eigenvalue weighted by molar-refractivity contribution is -0.114. The van der Waals surface area contributed by atoms with E-state index in [0.29, 0.717) is 12.2 Å². The number of aryl methyl sites for hydroxylation is 1. The lowest BCUT2D eigenvalue weighted by Gasteiger charge is -2.20. The molecule has 1 fully saturated rings. The van der Waals surface area contributed by atoms with E-state index >= 15 is 0 Å². The molecule has 2 rings (SSSR count). The first-order chi connectivity index (χ1) is 12.0. The summed E-state index contributed by atoms with van der Waals surface area (Å²) in [7, 11) is 3.72. The van der Waals surface area contributed by atoms with Gasteiger partial charge in [-0.1, -0.05) is 39.3 Å². The topological polar surface area (TPSA) is 43.9 Å². The minimum absolute atomic E-state index is 0.238. The van der Waals surface area contributed by atoms with Crippen molar-refractivity contribution in [2.45, 2.75) is 46.5 Å². The molecule has 25 heavy (non-hydrogen) atoms. The summed E-state index contributed by atoms with van der Waals surface area (Å²) in [6, 6.07) is 5.63. The number of carbonyl (C=O) groups excluding carboxylic acids is 2. The SMILES string of the molecule is CCCCN1C(=O)N(c2cccc(CC)c2CC)C(=O)/C1=C/N(C)C. The van der Waals surface area contributed by atoms with Gasteiger partial charge in [0.15, 0.2) is 0 Å². The van der Waals surface area contributed by atoms with Gasteiger partial charge in [0.05, 0.1) is 5.69 Å². The number of imide groups is 1. The zero-order valence-electron chi connectivity index (χ0n) is 16.0. The predicted molar refractivity (Wildman–Crippen MR) is 101 cm³/mol. The van der Waals surface area contributed by atoms with E-state index < -0.39 is 0 Å². The van der Waals surface area contributed by atoms with Gasteiger partial charge >= 0.3 is 6.03 Å². The van der Waals surface area contributed by atoms with Gasteiger partial charge in [-0.3, -0.25) is 9.69 Å². The third kappa shape index (κ3) is 3.70. The average Bonchev–Trinajstić information content (AvgIpc) is 2.81. The number of rotatable bonds is 7. The second-order valence-corrected chi connectivity index (χ2v) is 6.53. The highest BCUT2D eigenvalue weighted by atomic mass is 16.2. The second-order valence-electron chi connectivity index (χ2n) is 6.53. The largest absolute Gasteiger partial charge is 0.382 e. The molecule has 0 saturated carbocycles. The first-order valence-corrected chi connectivity index (χ1v) is 9.11. The van der Waals surface area contributed by atoms with Crippen molar-refractivity contribution in [1.29, 1.82) is 0 Å². The molecular weight excluding hydrogens is 314 g/mol. The Bertz CT molecular complexity index is 680. The summed E-state index contributed by atoms with van der Waals surface area (Å²) < 4.78 is 0. The Morgan fingerprint density at radius 3 is 2.36 bits per heavy atom. The molecule has 136 valence electrons. The molecule has 0 atom stereocenters. The van der Waals surface area contributed by atoms with Gasteiger partial charge in [-0.15, -0.1) is 0 Å². The third-order valence-corrected chi connectivity index (χ3v) is 4.47. The lowest BCUT2D eigenvalue weighted by atomic mass is 10.0. The highest BCUT2D eigenvalue weighted by Crippen LogP contribution is 2.32. The van der Waals surface area contributed by atoms with Gasteiger partial charge < -0.3 is 4.90 Å². The Balaban J connectivity index is 2.52. The summed E-state index contributed by atoms with van der Waals surface area (Å²) in [5, 5.41) is 0. The highest BCUT2D eigenvalue weighted by molar-refractivity contribution is 6.27. The fraction of sp³-hybridized carbons (Fsp3) is 0.500. The number of carbonyl (C=O) groups is 2. The van der Waals surface area contributed by atoms with Crippen molar-refractivity contribution < 1.29 is 9.59 Å². The summed E-state index contributed by atoms with van der Waals surface area (Å²) in [6.07, 6.45) is 5.25. The maximum atomic E-state index is 13.1. The zero-order valence-corrected chi connectivity index (χ0v) is 16.0. The molecule has 1 aliphatic heterocycles. The molecule has 1 saturated heterocycles. The number of unbranched alkanes of at least 4 members (excludes halogenated alkanes) is 1. The van der Waals surface area contributed by atoms with Crippen LogP contribution in [0.1, 0.15) is 44.7 Å². The molecule has 1 aromatic carbocycles. The van der Waals surface area contributed by atoms with Crippen molar-refractivity contribution >= 4 is 17.6 Å². The smallest absolute Gasteiger partial charge is 0.336 e. The molecule has 5 heteroatoms. The fourth-order valence-electron chi connectivity index (χ4n) is 3.22. The molecule has 1 heterocycles. The van der Waals surface area contributed by atoms with Crippen LogP contribution in [-0.4, -0.2) is 42.4 Å². The molecule has 0 unspecified atom stereocenters. The standard InChI is InChI=1S/C20H29N3O2/c1-6-9-13-22-18(14-21(4)5)19(24)23(20(22)25)17-12-10-11-15(7-2)16(17)8-3/h10-12,14H,6-9,13H2,1-5H3/b18-14-. The summed E-state index contributed by atoms with van der Waals surface area (Å²) in [5.41, 5.74) is 3.44. The van der Waals surface area contributed by atoms with E-state index in [0.717, 1.165) is 36.9 Å². The summed E-state index contributed by atoms with van der Waals surface area (Å²) in [4.78, 5) is 30.9. The molecule has 0 radical (unpaired) electrons. The van der Waals surface area contributed by atoms with E-state index in [1.165, 1.54) is 10.5 Å². The minimum Gasteiger partial charge on any atom is -0.382 e. The molecule has 5 nitrogen and oxygen atoms in total. The molecule has 1 aromatic rings. The Kier molecular flexibility index (Phi) is 6.23. The van der Waals surface area contributed by atoms with Gasteiger partial charge in [0.1, 0.15) is 5.70 Å². The van der Waals surface area contributed by atoms with E-state index in [4.69, 9.17) is 0 Å². The summed E-state index contributed by atoms with van der Waals surface area (Å²) in [6.45, 7) is 6.80. The fourth-order valence-corrected chi connectivity index (χ4v) is 3.22. The molecule has 0 N–H and O–H groups in total. The van der Waals surface area contributed by atoms with Crippen molar-refractivity contribution in [3.8, 4) is 0 Å². The van der Waals surface area contributed by atoms with Crippen molar-refractivity contribution in [2.75, 3.05) is 25.5 Å². The molecular formula is C20H29N3O2. The number of hydrogen-bond acceptors (Lipinski definition) is 3. The van der Waals surface area contributed by atoms with Crippen LogP contribution in [0.3, 0.4) is 0 Å². The normalized spacial score (nSPS) is 16.3. The van der Waals surface area contributed by atoms with Gasteiger partial charge in [-0.2, -0.15) is 0 Å². The van der Waals surface area contributed by atoms with Gasteiger partial charge in [-0.05, 0) is 36.5 Å². The van der Waals surface area contributed by atoms with Gasteiger partial charge in [-0.25, -0.2) is 9.69 Å². The van der Waals surface area contributed by atoms with E-state index in [1.54, 1.807) is 11.1 Å². The first kappa shape index (κ1) is 19.0. The van der Waals surface area contributed by atoms with Gasteiger partial charge in [0.25, 0.3) is 5.91 Å². The van der Waals surface area contributed by atoms with Gasteiger partial charge in [0.2, 0.25) is 0 Å². The van der Waals surface area contributed by atoms with Crippen molar-refractivity contribution in [3.63, 3.8) is 0 Å². The van der Waals surface area contributed by atoms with Crippen LogP contribution in [0.15, 0.2) is 30.1 Å². The maximum Gasteiger partial charge on any atom is 0.336 e. The Hall–Kier alpha value is -2.30. The summed E-state index contributed by atoms with van der Waals surface area (Å²) >= 11 is 0. The van der Waals surface area contributed by atoms with E-state index in [9.17, 15) is 9.59 Å². The van der Waals surface area contributed by atoms with Gasteiger partial charge in [0, 0.05) is 26.8 Å². The number of nitrogens with zero attached hydrogens (tertiary/aromatic N) is 3. The number of anilines is 1. The van der Waals surface area contributed by atoms with Crippen LogP contribution in [0.25, 0.3) is 0 Å². The molecule has 0 aliphatic carbocycles. The molecule has 0 bridgehead atoms. The van der Waals surface area contributed by atoms with Crippen LogP contribution >= 0.6 is 0 Å². The molecule has 0 spiro atoms. The molecule has 3 amide bonds. The van der Waals surface area contributed by atoms with Crippen molar-refractivity contribution in [1.82, 2.24) is 9.80 Å². The predicted octanol–water partition coefficient (Wildman–Crippen LogP) is 3.78.